The highest BCUT2D eigenvalue weighted by molar-refractivity contribution is 6.09. The van der Waals surface area contributed by atoms with Crippen molar-refractivity contribution in [3.8, 4) is 6.07 Å². The van der Waals surface area contributed by atoms with E-state index in [0.29, 0.717) is 0 Å². The van der Waals surface area contributed by atoms with Crippen LogP contribution in [0.15, 0.2) is 48.3 Å². The van der Waals surface area contributed by atoms with Crippen molar-refractivity contribution in [2.24, 2.45) is 0 Å². The van der Waals surface area contributed by atoms with Crippen molar-refractivity contribution in [1.29, 1.82) is 5.26 Å². The van der Waals surface area contributed by atoms with Crippen molar-refractivity contribution in [3.05, 3.63) is 70.6 Å². The largest absolute Gasteiger partial charge is 0.361 e. The van der Waals surface area contributed by atoms with E-state index in [1.807, 2.05) is 18.2 Å². The molecule has 2 aliphatic rings. The van der Waals surface area contributed by atoms with E-state index >= 15 is 0 Å². The van der Waals surface area contributed by atoms with Crippen molar-refractivity contribution in [2.75, 3.05) is 0 Å². The smallest absolute Gasteiger partial charge is 0.179 e. The molecule has 0 fully saturated rings. The fraction of sp³-hybridized carbons (Fsp3) is 0.167. The van der Waals surface area contributed by atoms with Crippen molar-refractivity contribution < 1.29 is 4.79 Å². The van der Waals surface area contributed by atoms with Gasteiger partial charge in [0.25, 0.3) is 0 Å². The van der Waals surface area contributed by atoms with Gasteiger partial charge in [-0.15, -0.1) is 0 Å². The van der Waals surface area contributed by atoms with Crippen LogP contribution in [0.25, 0.3) is 5.70 Å². The molecular weight excluding hydrogens is 274 g/mol. The van der Waals surface area contributed by atoms with Crippen LogP contribution in [0.4, 0.5) is 0 Å². The van der Waals surface area contributed by atoms with Crippen LogP contribution in [-0.4, -0.2) is 15.7 Å². The first kappa shape index (κ1) is 12.8. The molecule has 4 nitrogen and oxygen atoms in total. The molecule has 106 valence electrons. The summed E-state index contributed by atoms with van der Waals surface area (Å²) in [4.78, 5) is 18.5. The molecule has 0 saturated heterocycles. The number of rotatable bonds is 1. The summed E-state index contributed by atoms with van der Waals surface area (Å²) in [5.74, 6) is -0.117. The maximum absolute atomic E-state index is 12.3. The number of carbonyl (C=O) groups is 1. The first-order valence-electron chi connectivity index (χ1n) is 7.20. The highest BCUT2D eigenvalue weighted by Gasteiger charge is 2.31. The predicted octanol–water partition coefficient (Wildman–Crippen LogP) is 2.46. The zero-order chi connectivity index (χ0) is 15.1. The molecule has 4 rings (SSSR count). The van der Waals surface area contributed by atoms with Crippen molar-refractivity contribution in [3.63, 3.8) is 0 Å². The number of nitriles is 1. The molecule has 0 N–H and O–H groups in total. The van der Waals surface area contributed by atoms with Gasteiger partial charge in [-0.2, -0.15) is 5.26 Å². The Kier molecular flexibility index (Phi) is 2.80. The minimum absolute atomic E-state index is 0.117. The number of carbonyl (C=O) groups excluding carboxylic acids is 1. The summed E-state index contributed by atoms with van der Waals surface area (Å²) in [5.41, 5.74) is 5.39. The molecule has 0 radical (unpaired) electrons. The Morgan fingerprint density at radius 1 is 1.09 bits per heavy atom. The Balaban J connectivity index is 1.85. The zero-order valence-electron chi connectivity index (χ0n) is 11.9. The summed E-state index contributed by atoms with van der Waals surface area (Å²) in [7, 11) is 0. The predicted molar refractivity (Wildman–Crippen MR) is 81.2 cm³/mol. The van der Waals surface area contributed by atoms with E-state index in [-0.39, 0.29) is 17.8 Å². The van der Waals surface area contributed by atoms with Gasteiger partial charge in [-0.3, -0.25) is 9.78 Å². The van der Waals surface area contributed by atoms with Crippen LogP contribution >= 0.6 is 0 Å². The Morgan fingerprint density at radius 2 is 1.82 bits per heavy atom. The molecule has 0 amide bonds. The van der Waals surface area contributed by atoms with Gasteiger partial charge in [0.2, 0.25) is 0 Å². The lowest BCUT2D eigenvalue weighted by atomic mass is 9.89. The van der Waals surface area contributed by atoms with Crippen molar-refractivity contribution in [2.45, 2.75) is 19.5 Å². The van der Waals surface area contributed by atoms with Crippen LogP contribution in [0, 0.1) is 11.3 Å². The van der Waals surface area contributed by atoms with Crippen LogP contribution in [0.3, 0.4) is 0 Å². The summed E-state index contributed by atoms with van der Waals surface area (Å²) in [6.07, 6.45) is 3.70. The van der Waals surface area contributed by atoms with E-state index in [0.717, 1.165) is 29.9 Å². The molecule has 0 bridgehead atoms. The molecule has 2 aromatic rings. The van der Waals surface area contributed by atoms with Crippen LogP contribution in [0.5, 0.6) is 0 Å². The zero-order valence-corrected chi connectivity index (χ0v) is 11.9. The Hall–Kier alpha value is -2.93. The quantitative estimate of drug-likeness (QED) is 0.808. The summed E-state index contributed by atoms with van der Waals surface area (Å²) in [6, 6.07) is 12.3. The van der Waals surface area contributed by atoms with Gasteiger partial charge in [0.1, 0.15) is 11.6 Å². The number of nitrogens with zero attached hydrogens (tertiary/aromatic N) is 3. The minimum Gasteiger partial charge on any atom is -0.361 e. The molecule has 0 saturated carbocycles. The van der Waals surface area contributed by atoms with Crippen molar-refractivity contribution in [1.82, 2.24) is 9.88 Å². The summed E-state index contributed by atoms with van der Waals surface area (Å²) in [5, 5.41) is 9.46. The fourth-order valence-corrected chi connectivity index (χ4v) is 3.26. The van der Waals surface area contributed by atoms with E-state index in [9.17, 15) is 10.1 Å². The van der Waals surface area contributed by atoms with Crippen LogP contribution < -0.4 is 0 Å². The van der Waals surface area contributed by atoms with Gasteiger partial charge in [-0.05, 0) is 22.8 Å². The van der Waals surface area contributed by atoms with Crippen LogP contribution in [-0.2, 0) is 24.3 Å². The molecule has 0 spiro atoms. The van der Waals surface area contributed by atoms with E-state index in [4.69, 9.17) is 0 Å². The standard InChI is InChI=1S/C18H13N3O/c19-8-16-17(22)7-14-9-20-6-5-15(14)18(16)21-10-12-3-1-2-4-13(12)11-21/h1-6,9H,7,10-11H2. The first-order valence-corrected chi connectivity index (χ1v) is 7.20. The van der Waals surface area contributed by atoms with Crippen molar-refractivity contribution >= 4 is 11.5 Å². The topological polar surface area (TPSA) is 57.0 Å². The minimum atomic E-state index is -0.117. The SMILES string of the molecule is N#CC1=C(N2Cc3ccccc3C2)c2ccncc2CC1=O. The third-order valence-corrected chi connectivity index (χ3v) is 4.29. The molecule has 0 atom stereocenters. The van der Waals surface area contributed by atoms with E-state index < -0.39 is 0 Å². The maximum Gasteiger partial charge on any atom is 0.179 e. The van der Waals surface area contributed by atoms with Gasteiger partial charge in [0.15, 0.2) is 5.78 Å². The summed E-state index contributed by atoms with van der Waals surface area (Å²) < 4.78 is 0. The number of benzene rings is 1. The van der Waals surface area contributed by atoms with E-state index in [2.05, 4.69) is 28.1 Å². The average molecular weight is 287 g/mol. The lowest BCUT2D eigenvalue weighted by Crippen LogP contribution is -2.25. The number of ketones is 1. The first-order chi connectivity index (χ1) is 10.8. The highest BCUT2D eigenvalue weighted by Crippen LogP contribution is 2.36. The number of fused-ring (bicyclic) bond motifs is 2. The summed E-state index contributed by atoms with van der Waals surface area (Å²) in [6.45, 7) is 1.46. The Labute approximate surface area is 128 Å². The molecule has 0 unspecified atom stereocenters. The summed E-state index contributed by atoms with van der Waals surface area (Å²) >= 11 is 0. The fourth-order valence-electron chi connectivity index (χ4n) is 3.26. The molecule has 1 aromatic carbocycles. The van der Waals surface area contributed by atoms with E-state index in [1.165, 1.54) is 11.1 Å². The second-order valence-electron chi connectivity index (χ2n) is 5.59. The number of allylic oxidation sites excluding steroid dienone is 1. The molecule has 4 heteroatoms. The van der Waals surface area contributed by atoms with Gasteiger partial charge in [0.05, 0.1) is 5.70 Å². The third kappa shape index (κ3) is 1.83. The molecule has 2 heterocycles. The Bertz CT molecular complexity index is 836. The van der Waals surface area contributed by atoms with Gasteiger partial charge >= 0.3 is 0 Å². The second kappa shape index (κ2) is 4.81. The van der Waals surface area contributed by atoms with E-state index in [1.54, 1.807) is 12.4 Å². The lowest BCUT2D eigenvalue weighted by molar-refractivity contribution is -0.114. The molecule has 1 aliphatic heterocycles. The highest BCUT2D eigenvalue weighted by atomic mass is 16.1. The monoisotopic (exact) mass is 287 g/mol. The van der Waals surface area contributed by atoms with Crippen LogP contribution in [0.2, 0.25) is 0 Å². The second-order valence-corrected chi connectivity index (χ2v) is 5.59. The maximum atomic E-state index is 12.3. The van der Waals surface area contributed by atoms with Gasteiger partial charge in [-0.1, -0.05) is 24.3 Å². The number of pyridine rings is 1. The lowest BCUT2D eigenvalue weighted by Gasteiger charge is -2.27. The van der Waals surface area contributed by atoms with Gasteiger partial charge in [-0.25, -0.2) is 0 Å². The average Bonchev–Trinajstić information content (AvgIpc) is 2.97. The third-order valence-electron chi connectivity index (χ3n) is 4.29. The Morgan fingerprint density at radius 3 is 2.50 bits per heavy atom. The number of Topliss-reactive ketones (excluding diaryl/α,β-unsaturated/α-hetero) is 1. The molecule has 1 aliphatic carbocycles. The molecular formula is C18H13N3O. The number of aromatic nitrogens is 1. The molecule has 1 aromatic heterocycles. The van der Waals surface area contributed by atoms with Crippen LogP contribution in [0.1, 0.15) is 22.3 Å². The van der Waals surface area contributed by atoms with Gasteiger partial charge < -0.3 is 4.90 Å². The number of hydrogen-bond donors (Lipinski definition) is 0. The molecule has 22 heavy (non-hydrogen) atoms. The van der Waals surface area contributed by atoms with Gasteiger partial charge in [0, 0.05) is 37.5 Å². The number of hydrogen-bond acceptors (Lipinski definition) is 4. The normalized spacial score (nSPS) is 16.3.